The molecule has 1 amide bonds. The predicted octanol–water partition coefficient (Wildman–Crippen LogP) is 8.65. The van der Waals surface area contributed by atoms with Crippen LogP contribution in [0.1, 0.15) is 16.1 Å². The van der Waals surface area contributed by atoms with E-state index in [4.69, 9.17) is 44.3 Å². The van der Waals surface area contributed by atoms with Gasteiger partial charge >= 0.3 is 0 Å². The second kappa shape index (κ2) is 10.2. The largest absolute Gasteiger partial charge is 0.451 e. The number of oxazole rings is 1. The van der Waals surface area contributed by atoms with Gasteiger partial charge in [-0.3, -0.25) is 10.1 Å². The van der Waals surface area contributed by atoms with Crippen LogP contribution < -0.4 is 10.6 Å². The lowest BCUT2D eigenvalue weighted by Crippen LogP contribution is -2.33. The Morgan fingerprint density at radius 1 is 0.872 bits per heavy atom. The van der Waals surface area contributed by atoms with Crippen LogP contribution in [0.15, 0.2) is 93.8 Å². The van der Waals surface area contributed by atoms with Crippen LogP contribution in [0.3, 0.4) is 0 Å². The van der Waals surface area contributed by atoms with E-state index in [2.05, 4.69) is 15.6 Å². The fourth-order valence-electron chi connectivity index (χ4n) is 4.27. The monoisotopic (exact) mass is 571 g/mol. The molecule has 4 aromatic carbocycles. The Kier molecular flexibility index (Phi) is 6.56. The maximum atomic E-state index is 12.7. The van der Waals surface area contributed by atoms with Crippen molar-refractivity contribution in [1.29, 1.82) is 0 Å². The van der Waals surface area contributed by atoms with Crippen molar-refractivity contribution in [2.75, 3.05) is 5.32 Å². The summed E-state index contributed by atoms with van der Waals surface area (Å²) in [6.45, 7) is 1.92. The van der Waals surface area contributed by atoms with E-state index in [1.54, 1.807) is 36.4 Å². The molecule has 0 aliphatic rings. The van der Waals surface area contributed by atoms with Crippen molar-refractivity contribution in [1.82, 2.24) is 10.3 Å². The summed E-state index contributed by atoms with van der Waals surface area (Å²) in [4.78, 5) is 17.4. The molecule has 0 aliphatic heterocycles. The molecule has 192 valence electrons. The first-order chi connectivity index (χ1) is 18.9. The molecule has 6 nitrogen and oxygen atoms in total. The third kappa shape index (κ3) is 5.00. The lowest BCUT2D eigenvalue weighted by molar-refractivity contribution is 0.0951. The summed E-state index contributed by atoms with van der Waals surface area (Å²) in [5, 5.41) is 8.93. The molecule has 2 heterocycles. The molecule has 0 unspecified atom stereocenters. The number of nitrogens with zero attached hydrogens (tertiary/aromatic N) is 1. The zero-order chi connectivity index (χ0) is 27.1. The van der Waals surface area contributed by atoms with Crippen LogP contribution >= 0.6 is 35.4 Å². The molecule has 0 fully saturated rings. The summed E-state index contributed by atoms with van der Waals surface area (Å²) in [6.07, 6.45) is 0. The Bertz CT molecular complexity index is 1910. The van der Waals surface area contributed by atoms with Gasteiger partial charge in [-0.1, -0.05) is 59.6 Å². The van der Waals surface area contributed by atoms with Gasteiger partial charge in [0, 0.05) is 32.2 Å². The maximum Gasteiger partial charge on any atom is 0.293 e. The average Bonchev–Trinajstić information content (AvgIpc) is 3.58. The minimum atomic E-state index is -0.476. The number of thiocarbonyl (C=S) groups is 1. The van der Waals surface area contributed by atoms with Crippen molar-refractivity contribution in [2.45, 2.75) is 6.92 Å². The third-order valence-electron chi connectivity index (χ3n) is 6.26. The van der Waals surface area contributed by atoms with E-state index < -0.39 is 5.91 Å². The third-order valence-corrected chi connectivity index (χ3v) is 7.20. The highest BCUT2D eigenvalue weighted by Crippen LogP contribution is 2.34. The van der Waals surface area contributed by atoms with Gasteiger partial charge in [0.1, 0.15) is 11.3 Å². The summed E-state index contributed by atoms with van der Waals surface area (Å²) in [5.74, 6) is 0.657. The molecule has 0 atom stereocenters. The van der Waals surface area contributed by atoms with Gasteiger partial charge < -0.3 is 14.2 Å². The highest BCUT2D eigenvalue weighted by Gasteiger charge is 2.16. The van der Waals surface area contributed by atoms with Crippen LogP contribution in [-0.4, -0.2) is 16.0 Å². The van der Waals surface area contributed by atoms with Gasteiger partial charge in [0.25, 0.3) is 5.91 Å². The number of fused-ring (bicyclic) bond motifs is 2. The fourth-order valence-corrected chi connectivity index (χ4v) is 4.90. The van der Waals surface area contributed by atoms with Gasteiger partial charge in [-0.15, -0.1) is 0 Å². The summed E-state index contributed by atoms with van der Waals surface area (Å²) < 4.78 is 11.8. The standard InChI is InChI=1S/C30H19Cl2N3O3S/c1-16-8-9-17(14-23(16)32)25-12-13-27(37-25)28(36)35-30(39)33-18-10-11-26-24(15-18)34-29(38-26)21-6-2-5-20-19(21)4-3-7-22(20)31/h2-15H,1H3,(H2,33,35,36,39). The van der Waals surface area contributed by atoms with Crippen molar-refractivity contribution in [3.05, 3.63) is 106 Å². The SMILES string of the molecule is Cc1ccc(-c2ccc(C(=O)NC(=S)Nc3ccc4oc(-c5cccc6c(Cl)cccc56)nc4c3)o2)cc1Cl. The van der Waals surface area contributed by atoms with Crippen LogP contribution in [0.2, 0.25) is 10.0 Å². The molecule has 39 heavy (non-hydrogen) atoms. The number of benzene rings is 4. The van der Waals surface area contributed by atoms with Crippen molar-refractivity contribution < 1.29 is 13.6 Å². The van der Waals surface area contributed by atoms with Gasteiger partial charge in [-0.25, -0.2) is 4.98 Å². The number of amides is 1. The molecule has 6 aromatic rings. The topological polar surface area (TPSA) is 80.3 Å². The number of halogens is 2. The summed E-state index contributed by atoms with van der Waals surface area (Å²) in [7, 11) is 0. The first-order valence-electron chi connectivity index (χ1n) is 11.9. The van der Waals surface area contributed by atoms with E-state index in [0.717, 1.165) is 27.5 Å². The first kappa shape index (κ1) is 25.1. The van der Waals surface area contributed by atoms with E-state index in [1.165, 1.54) is 0 Å². The number of nitrogens with one attached hydrogen (secondary N) is 2. The maximum absolute atomic E-state index is 12.7. The molecular weight excluding hydrogens is 553 g/mol. The van der Waals surface area contributed by atoms with Crippen molar-refractivity contribution in [3.63, 3.8) is 0 Å². The van der Waals surface area contributed by atoms with Gasteiger partial charge in [0.2, 0.25) is 5.89 Å². The fraction of sp³-hybridized carbons (Fsp3) is 0.0333. The Morgan fingerprint density at radius 2 is 1.69 bits per heavy atom. The van der Waals surface area contributed by atoms with Crippen LogP contribution in [0.4, 0.5) is 5.69 Å². The number of rotatable bonds is 4. The molecule has 2 N–H and O–H groups in total. The van der Waals surface area contributed by atoms with E-state index in [9.17, 15) is 4.79 Å². The zero-order valence-electron chi connectivity index (χ0n) is 20.4. The number of furan rings is 1. The van der Waals surface area contributed by atoms with Gasteiger partial charge in [-0.05, 0) is 78.6 Å². The number of aromatic nitrogens is 1. The summed E-state index contributed by atoms with van der Waals surface area (Å²) in [5.41, 5.74) is 4.47. The number of anilines is 1. The van der Waals surface area contributed by atoms with Crippen LogP contribution in [0.5, 0.6) is 0 Å². The number of aryl methyl sites for hydroxylation is 1. The molecule has 0 spiro atoms. The lowest BCUT2D eigenvalue weighted by atomic mass is 10.0. The van der Waals surface area contributed by atoms with E-state index >= 15 is 0 Å². The van der Waals surface area contributed by atoms with Crippen LogP contribution in [0, 0.1) is 6.92 Å². The molecule has 9 heteroatoms. The Labute approximate surface area is 238 Å². The minimum Gasteiger partial charge on any atom is -0.451 e. The summed E-state index contributed by atoms with van der Waals surface area (Å²) >= 11 is 17.9. The van der Waals surface area contributed by atoms with E-state index in [0.29, 0.717) is 38.5 Å². The molecular formula is C30H19Cl2N3O3S. The average molecular weight is 572 g/mol. The van der Waals surface area contributed by atoms with Gasteiger partial charge in [-0.2, -0.15) is 0 Å². The molecule has 0 saturated heterocycles. The molecule has 0 aliphatic carbocycles. The highest BCUT2D eigenvalue weighted by molar-refractivity contribution is 7.80. The molecule has 6 rings (SSSR count). The Balaban J connectivity index is 1.17. The Morgan fingerprint density at radius 3 is 2.54 bits per heavy atom. The Hall–Kier alpha value is -4.17. The van der Waals surface area contributed by atoms with Crippen molar-refractivity contribution in [3.8, 4) is 22.8 Å². The number of carbonyl (C=O) groups is 1. The normalized spacial score (nSPS) is 11.2. The molecule has 0 saturated carbocycles. The molecule has 2 aromatic heterocycles. The predicted molar refractivity (Wildman–Crippen MR) is 160 cm³/mol. The minimum absolute atomic E-state index is 0.114. The van der Waals surface area contributed by atoms with Crippen LogP contribution in [-0.2, 0) is 0 Å². The lowest BCUT2D eigenvalue weighted by Gasteiger charge is -2.08. The number of hydrogen-bond acceptors (Lipinski definition) is 5. The molecule has 0 bridgehead atoms. The first-order valence-corrected chi connectivity index (χ1v) is 13.1. The van der Waals surface area contributed by atoms with Crippen LogP contribution in [0.25, 0.3) is 44.7 Å². The van der Waals surface area contributed by atoms with Crippen molar-refractivity contribution >= 4 is 74.0 Å². The quantitative estimate of drug-likeness (QED) is 0.206. The van der Waals surface area contributed by atoms with Crippen molar-refractivity contribution in [2.24, 2.45) is 0 Å². The second-order valence-corrected chi connectivity index (χ2v) is 10.1. The van der Waals surface area contributed by atoms with E-state index in [-0.39, 0.29) is 10.9 Å². The number of carbonyl (C=O) groups excluding carboxylic acids is 1. The second-order valence-electron chi connectivity index (χ2n) is 8.88. The smallest absolute Gasteiger partial charge is 0.293 e. The number of hydrogen-bond donors (Lipinski definition) is 2. The zero-order valence-corrected chi connectivity index (χ0v) is 22.7. The van der Waals surface area contributed by atoms with E-state index in [1.807, 2.05) is 55.5 Å². The molecule has 0 radical (unpaired) electrons. The summed E-state index contributed by atoms with van der Waals surface area (Å²) in [6, 6.07) is 25.8. The highest BCUT2D eigenvalue weighted by atomic mass is 35.5. The van der Waals surface area contributed by atoms with Gasteiger partial charge in [0.05, 0.1) is 0 Å². The van der Waals surface area contributed by atoms with Gasteiger partial charge in [0.15, 0.2) is 16.5 Å².